The molecule has 1 rings (SSSR count). The molecule has 1 saturated heterocycles. The molecular weight excluding hydrogens is 346 g/mol. The maximum Gasteiger partial charge on any atom is 0.243 e. The van der Waals surface area contributed by atoms with E-state index >= 15 is 0 Å². The minimum atomic E-state index is -0.663. The van der Waals surface area contributed by atoms with Gasteiger partial charge in [-0.15, -0.1) is 0 Å². The second-order valence-electron chi connectivity index (χ2n) is 8.64. The van der Waals surface area contributed by atoms with Gasteiger partial charge in [0.1, 0.15) is 6.04 Å². The van der Waals surface area contributed by atoms with Crippen molar-refractivity contribution in [2.24, 2.45) is 11.3 Å². The van der Waals surface area contributed by atoms with Crippen molar-refractivity contribution in [2.45, 2.75) is 84.6 Å². The molecule has 3 amide bonds. The molecule has 2 atom stereocenters. The molecule has 1 aliphatic rings. The Labute approximate surface area is 163 Å². The Morgan fingerprint density at radius 3 is 2.11 bits per heavy atom. The predicted molar refractivity (Wildman–Crippen MR) is 104 cm³/mol. The first-order chi connectivity index (χ1) is 12.8. The largest absolute Gasteiger partial charge is 0.354 e. The lowest BCUT2D eigenvalue weighted by Gasteiger charge is -2.32. The van der Waals surface area contributed by atoms with E-state index in [9.17, 15) is 19.6 Å². The van der Waals surface area contributed by atoms with Gasteiger partial charge in [-0.3, -0.25) is 19.6 Å². The van der Waals surface area contributed by atoms with Crippen LogP contribution >= 0.6 is 0 Å². The smallest absolute Gasteiger partial charge is 0.243 e. The maximum absolute atomic E-state index is 12.8. The molecule has 7 heteroatoms. The summed E-state index contributed by atoms with van der Waals surface area (Å²) < 4.78 is 0. The Bertz CT molecular complexity index is 476. The summed E-state index contributed by atoms with van der Waals surface area (Å²) in [7, 11) is 0. The molecule has 0 radical (unpaired) electrons. The molecule has 27 heavy (non-hydrogen) atoms. The Hall–Kier alpha value is -1.63. The molecule has 0 aromatic rings. The lowest BCUT2D eigenvalue weighted by atomic mass is 9.85. The van der Waals surface area contributed by atoms with Gasteiger partial charge in [0.05, 0.1) is 12.5 Å². The fourth-order valence-electron chi connectivity index (χ4n) is 3.40. The van der Waals surface area contributed by atoms with Crippen LogP contribution in [0.2, 0.25) is 0 Å². The number of nitrogens with one attached hydrogen (secondary N) is 2. The SMILES string of the molecule is CC(C)(C)[C@@H]1NC(=O)[C@@H](CN(O)C=O)CCCCCCCCCCNC1=O. The minimum Gasteiger partial charge on any atom is -0.354 e. The van der Waals surface area contributed by atoms with Crippen LogP contribution in [0.4, 0.5) is 0 Å². The van der Waals surface area contributed by atoms with E-state index < -0.39 is 17.4 Å². The summed E-state index contributed by atoms with van der Waals surface area (Å²) >= 11 is 0. The van der Waals surface area contributed by atoms with Gasteiger partial charge < -0.3 is 10.6 Å². The summed E-state index contributed by atoms with van der Waals surface area (Å²) in [5.74, 6) is -1.01. The quantitative estimate of drug-likeness (QED) is 0.396. The van der Waals surface area contributed by atoms with Gasteiger partial charge in [-0.25, -0.2) is 5.06 Å². The molecule has 7 nitrogen and oxygen atoms in total. The van der Waals surface area contributed by atoms with Crippen LogP contribution in [0, 0.1) is 11.3 Å². The van der Waals surface area contributed by atoms with Gasteiger partial charge in [0, 0.05) is 6.54 Å². The Morgan fingerprint density at radius 1 is 1.00 bits per heavy atom. The molecule has 156 valence electrons. The highest BCUT2D eigenvalue weighted by Crippen LogP contribution is 2.21. The molecule has 1 aliphatic heterocycles. The number of rotatable bonds is 3. The highest BCUT2D eigenvalue weighted by Gasteiger charge is 2.34. The van der Waals surface area contributed by atoms with Crippen molar-refractivity contribution in [3.8, 4) is 0 Å². The summed E-state index contributed by atoms with van der Waals surface area (Å²) in [4.78, 5) is 36.2. The summed E-state index contributed by atoms with van der Waals surface area (Å²) in [5.41, 5.74) is -0.445. The molecule has 1 fully saturated rings. The third-order valence-electron chi connectivity index (χ3n) is 5.09. The van der Waals surface area contributed by atoms with E-state index in [1.165, 1.54) is 19.3 Å². The van der Waals surface area contributed by atoms with Crippen molar-refractivity contribution in [1.29, 1.82) is 0 Å². The number of nitrogens with zero attached hydrogens (tertiary/aromatic N) is 1. The van der Waals surface area contributed by atoms with Gasteiger partial charge in [0.25, 0.3) is 0 Å². The third-order valence-corrected chi connectivity index (χ3v) is 5.09. The highest BCUT2D eigenvalue weighted by molar-refractivity contribution is 5.89. The first-order valence-corrected chi connectivity index (χ1v) is 10.2. The number of hydrogen-bond acceptors (Lipinski definition) is 4. The van der Waals surface area contributed by atoms with Gasteiger partial charge in [-0.05, 0) is 18.3 Å². The Kier molecular flexibility index (Phi) is 10.4. The first-order valence-electron chi connectivity index (χ1n) is 10.2. The topological polar surface area (TPSA) is 98.7 Å². The van der Waals surface area contributed by atoms with Gasteiger partial charge >= 0.3 is 0 Å². The van der Waals surface area contributed by atoms with E-state index in [0.29, 0.717) is 24.4 Å². The van der Waals surface area contributed by atoms with E-state index in [-0.39, 0.29) is 18.4 Å². The molecule has 1 heterocycles. The van der Waals surface area contributed by atoms with Gasteiger partial charge in [-0.2, -0.15) is 0 Å². The molecule has 0 bridgehead atoms. The summed E-state index contributed by atoms with van der Waals surface area (Å²) in [6, 6.07) is -0.663. The molecule has 0 aromatic carbocycles. The minimum absolute atomic E-state index is 0.0617. The number of hydroxylamine groups is 2. The second-order valence-corrected chi connectivity index (χ2v) is 8.64. The first kappa shape index (κ1) is 23.4. The van der Waals surface area contributed by atoms with Crippen LogP contribution in [0.15, 0.2) is 0 Å². The van der Waals surface area contributed by atoms with Crippen molar-refractivity contribution >= 4 is 18.2 Å². The number of hydrogen-bond donors (Lipinski definition) is 3. The van der Waals surface area contributed by atoms with Gasteiger partial charge in [0.2, 0.25) is 18.2 Å². The van der Waals surface area contributed by atoms with Crippen LogP contribution in [-0.2, 0) is 14.4 Å². The highest BCUT2D eigenvalue weighted by atomic mass is 16.5. The molecule has 0 aromatic heterocycles. The van der Waals surface area contributed by atoms with E-state index in [1.807, 2.05) is 20.8 Å². The number of carbonyl (C=O) groups excluding carboxylic acids is 3. The van der Waals surface area contributed by atoms with E-state index in [0.717, 1.165) is 32.1 Å². The zero-order chi connectivity index (χ0) is 20.3. The van der Waals surface area contributed by atoms with Crippen LogP contribution in [-0.4, -0.2) is 47.6 Å². The van der Waals surface area contributed by atoms with Gasteiger partial charge in [0.15, 0.2) is 0 Å². The van der Waals surface area contributed by atoms with E-state index in [1.54, 1.807) is 0 Å². The monoisotopic (exact) mass is 383 g/mol. The zero-order valence-electron chi connectivity index (χ0n) is 17.1. The van der Waals surface area contributed by atoms with Crippen molar-refractivity contribution in [3.05, 3.63) is 0 Å². The summed E-state index contributed by atoms with van der Waals surface area (Å²) in [6.45, 7) is 6.28. The summed E-state index contributed by atoms with van der Waals surface area (Å²) in [6.07, 6.45) is 9.49. The average molecular weight is 384 g/mol. The lowest BCUT2D eigenvalue weighted by molar-refractivity contribution is -0.155. The molecular formula is C20H37N3O4. The van der Waals surface area contributed by atoms with Crippen LogP contribution in [0.5, 0.6) is 0 Å². The molecule has 0 spiro atoms. The molecule has 3 N–H and O–H groups in total. The second kappa shape index (κ2) is 12.0. The fraction of sp³-hybridized carbons (Fsp3) is 0.850. The van der Waals surface area contributed by atoms with Crippen molar-refractivity contribution in [2.75, 3.05) is 13.1 Å². The fourth-order valence-corrected chi connectivity index (χ4v) is 3.40. The molecule has 0 saturated carbocycles. The van der Waals surface area contributed by atoms with Crippen LogP contribution in [0.3, 0.4) is 0 Å². The van der Waals surface area contributed by atoms with E-state index in [2.05, 4.69) is 10.6 Å². The van der Waals surface area contributed by atoms with Crippen LogP contribution in [0.1, 0.15) is 78.6 Å². The number of carbonyl (C=O) groups is 3. The third kappa shape index (κ3) is 9.22. The van der Waals surface area contributed by atoms with Crippen LogP contribution < -0.4 is 10.6 Å². The number of amides is 3. The predicted octanol–water partition coefficient (Wildman–Crippen LogP) is 2.62. The average Bonchev–Trinajstić information content (AvgIpc) is 2.60. The van der Waals surface area contributed by atoms with Gasteiger partial charge in [-0.1, -0.05) is 65.7 Å². The van der Waals surface area contributed by atoms with E-state index in [4.69, 9.17) is 0 Å². The van der Waals surface area contributed by atoms with Crippen molar-refractivity contribution < 1.29 is 19.6 Å². The van der Waals surface area contributed by atoms with Crippen molar-refractivity contribution in [3.63, 3.8) is 0 Å². The van der Waals surface area contributed by atoms with Crippen LogP contribution in [0.25, 0.3) is 0 Å². The normalized spacial score (nSPS) is 24.6. The molecule has 0 unspecified atom stereocenters. The Balaban J connectivity index is 2.88. The zero-order valence-corrected chi connectivity index (χ0v) is 17.1. The van der Waals surface area contributed by atoms with Crippen molar-refractivity contribution in [1.82, 2.24) is 15.7 Å². The lowest BCUT2D eigenvalue weighted by Crippen LogP contribution is -2.55. The maximum atomic E-state index is 12.8. The Morgan fingerprint density at radius 2 is 1.56 bits per heavy atom. The summed E-state index contributed by atoms with van der Waals surface area (Å²) in [5, 5.41) is 15.9. The standard InChI is InChI=1S/C20H37N3O4/c1-20(2,3)17-19(26)21-13-11-9-7-5-4-6-8-10-12-16(18(25)22-17)14-23(27)15-24/h15-17,27H,4-14H2,1-3H3,(H,21,26)(H,22,25)/t16-,17-/m1/s1. The molecule has 0 aliphatic carbocycles.